The molecule has 0 spiro atoms. The van der Waals surface area contributed by atoms with Crippen LogP contribution in [0, 0.1) is 0 Å². The monoisotopic (exact) mass is 297 g/mol. The molecule has 3 rings (SSSR count). The van der Waals surface area contributed by atoms with Crippen LogP contribution in [0.25, 0.3) is 10.6 Å². The SMILES string of the molecule is COC(=O)c1csc(-c2cc(Cl)c3c(c2)OCO3)n1. The van der Waals surface area contributed by atoms with Gasteiger partial charge < -0.3 is 14.2 Å². The smallest absolute Gasteiger partial charge is 0.357 e. The molecule has 0 aliphatic carbocycles. The number of hydrogen-bond acceptors (Lipinski definition) is 6. The minimum absolute atomic E-state index is 0.157. The van der Waals surface area contributed by atoms with E-state index in [1.807, 2.05) is 0 Å². The molecule has 0 N–H and O–H groups in total. The van der Waals surface area contributed by atoms with Gasteiger partial charge in [-0.15, -0.1) is 11.3 Å². The molecule has 0 unspecified atom stereocenters. The second-order valence-electron chi connectivity index (χ2n) is 3.72. The molecule has 0 radical (unpaired) electrons. The van der Waals surface area contributed by atoms with Crippen molar-refractivity contribution >= 4 is 28.9 Å². The minimum atomic E-state index is -0.464. The van der Waals surface area contributed by atoms with E-state index in [-0.39, 0.29) is 12.5 Å². The van der Waals surface area contributed by atoms with Crippen LogP contribution in [0.4, 0.5) is 0 Å². The van der Waals surface area contributed by atoms with Crippen molar-refractivity contribution in [2.24, 2.45) is 0 Å². The van der Waals surface area contributed by atoms with Gasteiger partial charge in [-0.1, -0.05) is 11.6 Å². The zero-order valence-corrected chi connectivity index (χ0v) is 11.4. The van der Waals surface area contributed by atoms with Crippen molar-refractivity contribution in [3.63, 3.8) is 0 Å². The Morgan fingerprint density at radius 1 is 1.47 bits per heavy atom. The molecule has 0 saturated carbocycles. The van der Waals surface area contributed by atoms with Gasteiger partial charge in [0.15, 0.2) is 17.2 Å². The average molecular weight is 298 g/mol. The average Bonchev–Trinajstić information content (AvgIpc) is 3.06. The van der Waals surface area contributed by atoms with Crippen LogP contribution in [0.15, 0.2) is 17.5 Å². The van der Waals surface area contributed by atoms with E-state index in [1.54, 1.807) is 17.5 Å². The summed E-state index contributed by atoms with van der Waals surface area (Å²) < 4.78 is 15.1. The molecule has 0 fully saturated rings. The molecule has 1 aromatic heterocycles. The van der Waals surface area contributed by atoms with Crippen molar-refractivity contribution in [2.45, 2.75) is 0 Å². The molecule has 1 aromatic carbocycles. The Bertz CT molecular complexity index is 655. The molecule has 19 heavy (non-hydrogen) atoms. The zero-order chi connectivity index (χ0) is 13.4. The van der Waals surface area contributed by atoms with Crippen LogP contribution in [0.5, 0.6) is 11.5 Å². The molecule has 2 heterocycles. The van der Waals surface area contributed by atoms with E-state index < -0.39 is 5.97 Å². The fourth-order valence-electron chi connectivity index (χ4n) is 1.70. The number of aromatic nitrogens is 1. The fourth-order valence-corrected chi connectivity index (χ4v) is 2.74. The predicted octanol–water partition coefficient (Wildman–Crippen LogP) is 2.98. The van der Waals surface area contributed by atoms with Crippen LogP contribution < -0.4 is 9.47 Å². The lowest BCUT2D eigenvalue weighted by atomic mass is 10.2. The number of halogens is 1. The number of esters is 1. The van der Waals surface area contributed by atoms with Crippen molar-refractivity contribution < 1.29 is 19.0 Å². The first kappa shape index (κ1) is 12.3. The van der Waals surface area contributed by atoms with Crippen LogP contribution in [-0.4, -0.2) is 24.9 Å². The predicted molar refractivity (Wildman–Crippen MR) is 70.0 cm³/mol. The Morgan fingerprint density at radius 3 is 3.11 bits per heavy atom. The van der Waals surface area contributed by atoms with Gasteiger partial charge in [-0.2, -0.15) is 0 Å². The molecular formula is C12H8ClNO4S. The molecule has 0 atom stereocenters. The van der Waals surface area contributed by atoms with Gasteiger partial charge in [0.25, 0.3) is 0 Å². The maximum Gasteiger partial charge on any atom is 0.357 e. The molecule has 2 aromatic rings. The van der Waals surface area contributed by atoms with Gasteiger partial charge in [-0.25, -0.2) is 9.78 Å². The number of carbonyl (C=O) groups is 1. The molecule has 0 bridgehead atoms. The van der Waals surface area contributed by atoms with Gasteiger partial charge in [-0.05, 0) is 12.1 Å². The van der Waals surface area contributed by atoms with Crippen LogP contribution in [-0.2, 0) is 4.74 Å². The lowest BCUT2D eigenvalue weighted by Crippen LogP contribution is -2.00. The van der Waals surface area contributed by atoms with E-state index in [4.69, 9.17) is 21.1 Å². The first-order valence-corrected chi connectivity index (χ1v) is 6.58. The van der Waals surface area contributed by atoms with E-state index in [1.165, 1.54) is 18.4 Å². The summed E-state index contributed by atoms with van der Waals surface area (Å²) in [6, 6.07) is 3.52. The lowest BCUT2D eigenvalue weighted by molar-refractivity contribution is 0.0595. The Labute approximate surface area is 117 Å². The first-order valence-electron chi connectivity index (χ1n) is 5.32. The van der Waals surface area contributed by atoms with Crippen LogP contribution in [0.2, 0.25) is 5.02 Å². The van der Waals surface area contributed by atoms with Gasteiger partial charge in [0.1, 0.15) is 5.01 Å². The zero-order valence-electron chi connectivity index (χ0n) is 9.81. The van der Waals surface area contributed by atoms with E-state index in [0.717, 1.165) is 5.56 Å². The minimum Gasteiger partial charge on any atom is -0.464 e. The number of methoxy groups -OCH3 is 1. The third kappa shape index (κ3) is 2.13. The van der Waals surface area contributed by atoms with Gasteiger partial charge >= 0.3 is 5.97 Å². The highest BCUT2D eigenvalue weighted by Gasteiger charge is 2.20. The molecule has 1 aliphatic heterocycles. The fraction of sp³-hybridized carbons (Fsp3) is 0.167. The van der Waals surface area contributed by atoms with Gasteiger partial charge in [0.05, 0.1) is 12.1 Å². The summed E-state index contributed by atoms with van der Waals surface area (Å²) in [4.78, 5) is 15.6. The highest BCUT2D eigenvalue weighted by molar-refractivity contribution is 7.13. The molecule has 98 valence electrons. The quantitative estimate of drug-likeness (QED) is 0.798. The Balaban J connectivity index is 2.01. The highest BCUT2D eigenvalue weighted by Crippen LogP contribution is 2.42. The Hall–Kier alpha value is -1.79. The summed E-state index contributed by atoms with van der Waals surface area (Å²) in [5, 5.41) is 2.76. The maximum atomic E-state index is 11.4. The van der Waals surface area contributed by atoms with Crippen LogP contribution in [0.1, 0.15) is 10.5 Å². The molecule has 5 nitrogen and oxygen atoms in total. The summed E-state index contributed by atoms with van der Waals surface area (Å²) in [5.74, 6) is 0.654. The number of thiazole rings is 1. The second kappa shape index (κ2) is 4.71. The number of hydrogen-bond donors (Lipinski definition) is 0. The number of benzene rings is 1. The molecular weight excluding hydrogens is 290 g/mol. The van der Waals surface area contributed by atoms with Gasteiger partial charge in [0, 0.05) is 10.9 Å². The summed E-state index contributed by atoms with van der Waals surface area (Å²) in [6.45, 7) is 0.157. The summed E-state index contributed by atoms with van der Waals surface area (Å²) in [5.41, 5.74) is 1.05. The number of carbonyl (C=O) groups excluding carboxylic acids is 1. The van der Waals surface area contributed by atoms with Crippen molar-refractivity contribution in [3.05, 3.63) is 28.2 Å². The topological polar surface area (TPSA) is 57.7 Å². The van der Waals surface area contributed by atoms with Crippen molar-refractivity contribution in [1.29, 1.82) is 0 Å². The number of rotatable bonds is 2. The standard InChI is InChI=1S/C12H8ClNO4S/c1-16-12(15)8-4-19-11(14-8)6-2-7(13)10-9(3-6)17-5-18-10/h2-4H,5H2,1H3. The number of fused-ring (bicyclic) bond motifs is 1. The third-order valence-electron chi connectivity index (χ3n) is 2.57. The van der Waals surface area contributed by atoms with Gasteiger partial charge in [0.2, 0.25) is 6.79 Å². The largest absolute Gasteiger partial charge is 0.464 e. The molecule has 7 heteroatoms. The normalized spacial score (nSPS) is 12.5. The summed E-state index contributed by atoms with van der Waals surface area (Å²) in [6.07, 6.45) is 0. The molecule has 0 amide bonds. The number of ether oxygens (including phenoxy) is 3. The van der Waals surface area contributed by atoms with Crippen LogP contribution in [0.3, 0.4) is 0 Å². The number of nitrogens with zero attached hydrogens (tertiary/aromatic N) is 1. The van der Waals surface area contributed by atoms with E-state index in [0.29, 0.717) is 21.5 Å². The summed E-state index contributed by atoms with van der Waals surface area (Å²) >= 11 is 7.44. The third-order valence-corrected chi connectivity index (χ3v) is 3.75. The van der Waals surface area contributed by atoms with E-state index >= 15 is 0 Å². The second-order valence-corrected chi connectivity index (χ2v) is 4.99. The van der Waals surface area contributed by atoms with E-state index in [2.05, 4.69) is 9.72 Å². The Kier molecular flexibility index (Phi) is 3.04. The molecule has 1 aliphatic rings. The van der Waals surface area contributed by atoms with E-state index in [9.17, 15) is 4.79 Å². The summed E-state index contributed by atoms with van der Waals surface area (Å²) in [7, 11) is 1.32. The van der Waals surface area contributed by atoms with Crippen molar-refractivity contribution in [2.75, 3.05) is 13.9 Å². The van der Waals surface area contributed by atoms with Crippen molar-refractivity contribution in [3.8, 4) is 22.1 Å². The lowest BCUT2D eigenvalue weighted by Gasteiger charge is -2.02. The molecule has 0 saturated heterocycles. The van der Waals surface area contributed by atoms with Crippen LogP contribution >= 0.6 is 22.9 Å². The van der Waals surface area contributed by atoms with Gasteiger partial charge in [-0.3, -0.25) is 0 Å². The van der Waals surface area contributed by atoms with Crippen molar-refractivity contribution in [1.82, 2.24) is 4.98 Å². The first-order chi connectivity index (χ1) is 9.19. The maximum absolute atomic E-state index is 11.4. The Morgan fingerprint density at radius 2 is 2.32 bits per heavy atom. The highest BCUT2D eigenvalue weighted by atomic mass is 35.5.